The Morgan fingerprint density at radius 2 is 1.86 bits per heavy atom. The summed E-state index contributed by atoms with van der Waals surface area (Å²) in [6.07, 6.45) is 12.7. The summed E-state index contributed by atoms with van der Waals surface area (Å²) < 4.78 is 0. The van der Waals surface area contributed by atoms with E-state index in [0.29, 0.717) is 42.4 Å². The lowest BCUT2D eigenvalue weighted by Crippen LogP contribution is -2.36. The molecule has 0 amide bonds. The van der Waals surface area contributed by atoms with Crippen LogP contribution in [0.5, 0.6) is 0 Å². The molecule has 3 saturated carbocycles. The molecule has 0 aromatic heterocycles. The average Bonchev–Trinajstić information content (AvgIpc) is 2.95. The van der Waals surface area contributed by atoms with Crippen molar-refractivity contribution >= 4 is 0 Å². The van der Waals surface area contributed by atoms with Crippen molar-refractivity contribution in [3.63, 3.8) is 0 Å². The zero-order chi connectivity index (χ0) is 21.2. The first-order valence-electron chi connectivity index (χ1n) is 11.6. The summed E-state index contributed by atoms with van der Waals surface area (Å²) in [7, 11) is 0. The van der Waals surface area contributed by atoms with Crippen molar-refractivity contribution in [3.05, 3.63) is 23.3 Å². The summed E-state index contributed by atoms with van der Waals surface area (Å²) in [5.41, 5.74) is 2.18. The van der Waals surface area contributed by atoms with Crippen molar-refractivity contribution in [1.82, 2.24) is 0 Å². The van der Waals surface area contributed by atoms with E-state index in [-0.39, 0.29) is 0 Å². The Morgan fingerprint density at radius 3 is 2.52 bits per heavy atom. The van der Waals surface area contributed by atoms with Gasteiger partial charge in [0.15, 0.2) is 0 Å². The smallest absolute Gasteiger partial charge is 0.119 e. The van der Waals surface area contributed by atoms with Crippen LogP contribution < -0.4 is 0 Å². The highest BCUT2D eigenvalue weighted by molar-refractivity contribution is 5.26. The van der Waals surface area contributed by atoms with E-state index in [9.17, 15) is 15.3 Å². The lowest BCUT2D eigenvalue weighted by atomic mass is 9.61. The molecule has 3 aliphatic rings. The first-order valence-corrected chi connectivity index (χ1v) is 11.6. The van der Waals surface area contributed by atoms with Crippen LogP contribution >= 0.6 is 0 Å². The summed E-state index contributed by atoms with van der Waals surface area (Å²) in [6, 6.07) is 0. The molecule has 3 rings (SSSR count). The standard InChI is InChI=1S/C26H40O3/c1-18(7-5-13-25(2,3)29)23-11-12-24-20(8-6-14-26(23,24)4)10-9-19-15-21(27)17-22(28)16-19/h9-10,18,21-24,27-29H,6-8,11-12,14-17H2,1-4H3/b20-10-/t18-,21-,22-,23-,24-,26-/m1/s1. The molecular weight excluding hydrogens is 360 g/mol. The number of rotatable bonds is 3. The normalized spacial score (nSPS) is 37.6. The van der Waals surface area contributed by atoms with Gasteiger partial charge >= 0.3 is 0 Å². The number of fused-ring (bicyclic) bond motifs is 1. The van der Waals surface area contributed by atoms with Gasteiger partial charge in [-0.1, -0.05) is 43.1 Å². The van der Waals surface area contributed by atoms with Crippen molar-refractivity contribution < 1.29 is 15.3 Å². The Kier molecular flexibility index (Phi) is 6.99. The fraction of sp³-hybridized carbons (Fsp3) is 0.769. The van der Waals surface area contributed by atoms with Crippen LogP contribution in [0.1, 0.15) is 85.5 Å². The van der Waals surface area contributed by atoms with E-state index < -0.39 is 17.8 Å². The maximum Gasteiger partial charge on any atom is 0.119 e. The van der Waals surface area contributed by atoms with Gasteiger partial charge in [-0.3, -0.25) is 0 Å². The Bertz CT molecular complexity index is 690. The lowest BCUT2D eigenvalue weighted by Gasteiger charge is -2.44. The van der Waals surface area contributed by atoms with Gasteiger partial charge in [0.2, 0.25) is 0 Å². The largest absolute Gasteiger partial charge is 0.393 e. The van der Waals surface area contributed by atoms with E-state index in [1.807, 2.05) is 0 Å². The fourth-order valence-electron chi connectivity index (χ4n) is 6.32. The van der Waals surface area contributed by atoms with Gasteiger partial charge in [0, 0.05) is 6.42 Å². The second kappa shape index (κ2) is 8.96. The van der Waals surface area contributed by atoms with Gasteiger partial charge in [0.25, 0.3) is 0 Å². The lowest BCUT2D eigenvalue weighted by molar-refractivity contribution is 0.0609. The highest BCUT2D eigenvalue weighted by atomic mass is 16.3. The molecule has 3 nitrogen and oxygen atoms in total. The minimum Gasteiger partial charge on any atom is -0.393 e. The highest BCUT2D eigenvalue weighted by Gasteiger charge is 2.50. The van der Waals surface area contributed by atoms with Crippen LogP contribution in [0, 0.1) is 35.0 Å². The summed E-state index contributed by atoms with van der Waals surface area (Å²) in [5.74, 6) is 8.07. The van der Waals surface area contributed by atoms with E-state index in [0.717, 1.165) is 6.42 Å². The van der Waals surface area contributed by atoms with Crippen molar-refractivity contribution in [3.8, 4) is 11.8 Å². The van der Waals surface area contributed by atoms with Crippen molar-refractivity contribution in [2.75, 3.05) is 0 Å². The van der Waals surface area contributed by atoms with Crippen LogP contribution in [0.3, 0.4) is 0 Å². The van der Waals surface area contributed by atoms with Crippen LogP contribution in [0.4, 0.5) is 0 Å². The molecule has 0 aliphatic heterocycles. The molecule has 0 heterocycles. The van der Waals surface area contributed by atoms with Gasteiger partial charge in [0.05, 0.1) is 12.2 Å². The van der Waals surface area contributed by atoms with Crippen LogP contribution in [-0.2, 0) is 0 Å². The summed E-state index contributed by atoms with van der Waals surface area (Å²) in [6.45, 7) is 8.31. The van der Waals surface area contributed by atoms with E-state index in [1.54, 1.807) is 19.4 Å². The predicted octanol–water partition coefficient (Wildman–Crippen LogP) is 4.76. The minimum absolute atomic E-state index is 0.337. The Balaban J connectivity index is 1.71. The van der Waals surface area contributed by atoms with Crippen LogP contribution in [-0.4, -0.2) is 33.1 Å². The average molecular weight is 401 g/mol. The molecule has 3 aliphatic carbocycles. The molecule has 0 spiro atoms. The van der Waals surface area contributed by atoms with Gasteiger partial charge in [-0.05, 0) is 88.4 Å². The van der Waals surface area contributed by atoms with E-state index in [2.05, 4.69) is 37.8 Å². The van der Waals surface area contributed by atoms with Crippen LogP contribution in [0.25, 0.3) is 0 Å². The molecule has 0 saturated heterocycles. The first-order chi connectivity index (χ1) is 13.6. The van der Waals surface area contributed by atoms with E-state index in [4.69, 9.17) is 0 Å². The van der Waals surface area contributed by atoms with Gasteiger partial charge < -0.3 is 15.3 Å². The second-order valence-corrected chi connectivity index (χ2v) is 10.7. The third-order valence-electron chi connectivity index (χ3n) is 7.62. The summed E-state index contributed by atoms with van der Waals surface area (Å²) >= 11 is 0. The number of hydrogen-bond donors (Lipinski definition) is 3. The van der Waals surface area contributed by atoms with Crippen LogP contribution in [0.15, 0.2) is 23.3 Å². The van der Waals surface area contributed by atoms with Crippen molar-refractivity contribution in [2.45, 2.75) is 103 Å². The topological polar surface area (TPSA) is 60.7 Å². The molecule has 162 valence electrons. The first kappa shape index (κ1) is 22.6. The van der Waals surface area contributed by atoms with Gasteiger partial charge in [-0.25, -0.2) is 0 Å². The molecular formula is C26H40O3. The Hall–Kier alpha value is -1.08. The molecule has 3 N–H and O–H groups in total. The third-order valence-corrected chi connectivity index (χ3v) is 7.62. The molecule has 0 aromatic carbocycles. The molecule has 0 unspecified atom stereocenters. The molecule has 6 atom stereocenters. The second-order valence-electron chi connectivity index (χ2n) is 10.7. The SMILES string of the molecule is C[C@H](CC#CC(C)(C)O)[C@H]1CC[C@@H]2/C(=C\C=C3C[C@@H](O)C[C@H](O)C3)CCC[C@@]21C. The monoisotopic (exact) mass is 400 g/mol. The van der Waals surface area contributed by atoms with Gasteiger partial charge in [0.1, 0.15) is 5.60 Å². The third kappa shape index (κ3) is 5.54. The fourth-order valence-corrected chi connectivity index (χ4v) is 6.32. The Morgan fingerprint density at radius 1 is 1.17 bits per heavy atom. The molecule has 29 heavy (non-hydrogen) atoms. The van der Waals surface area contributed by atoms with E-state index in [1.165, 1.54) is 37.7 Å². The zero-order valence-corrected chi connectivity index (χ0v) is 18.7. The summed E-state index contributed by atoms with van der Waals surface area (Å²) in [4.78, 5) is 0. The van der Waals surface area contributed by atoms with E-state index >= 15 is 0 Å². The van der Waals surface area contributed by atoms with Crippen LogP contribution in [0.2, 0.25) is 0 Å². The summed E-state index contributed by atoms with van der Waals surface area (Å²) in [5, 5.41) is 29.7. The minimum atomic E-state index is -0.906. The quantitative estimate of drug-likeness (QED) is 0.599. The maximum absolute atomic E-state index is 9.95. The molecule has 0 aromatic rings. The molecule has 3 fully saturated rings. The molecule has 0 radical (unpaired) electrons. The maximum atomic E-state index is 9.95. The molecule has 0 bridgehead atoms. The number of hydrogen-bond acceptors (Lipinski definition) is 3. The van der Waals surface area contributed by atoms with Crippen molar-refractivity contribution in [2.24, 2.45) is 23.2 Å². The predicted molar refractivity (Wildman–Crippen MR) is 118 cm³/mol. The Labute approximate surface area is 177 Å². The highest BCUT2D eigenvalue weighted by Crippen LogP contribution is 2.59. The number of aliphatic hydroxyl groups excluding tert-OH is 2. The van der Waals surface area contributed by atoms with Crippen molar-refractivity contribution in [1.29, 1.82) is 0 Å². The van der Waals surface area contributed by atoms with Gasteiger partial charge in [-0.15, -0.1) is 5.92 Å². The van der Waals surface area contributed by atoms with Gasteiger partial charge in [-0.2, -0.15) is 0 Å². The molecule has 3 heteroatoms. The number of aliphatic hydroxyl groups is 3. The zero-order valence-electron chi connectivity index (χ0n) is 18.7. The number of allylic oxidation sites excluding steroid dienone is 3.